The van der Waals surface area contributed by atoms with Crippen molar-refractivity contribution in [3.05, 3.63) is 52.0 Å². The van der Waals surface area contributed by atoms with Crippen molar-refractivity contribution in [3.63, 3.8) is 0 Å². The highest BCUT2D eigenvalue weighted by atomic mass is 32.1. The first kappa shape index (κ1) is 21.0. The second-order valence-corrected chi connectivity index (χ2v) is 8.08. The van der Waals surface area contributed by atoms with Crippen molar-refractivity contribution >= 4 is 29.3 Å². The van der Waals surface area contributed by atoms with Crippen LogP contribution in [0.3, 0.4) is 0 Å². The second kappa shape index (κ2) is 10.2. The number of carbonyl (C=O) groups excluding carboxylic acids is 2. The van der Waals surface area contributed by atoms with Gasteiger partial charge in [-0.2, -0.15) is 0 Å². The molecule has 1 aromatic heterocycles. The van der Waals surface area contributed by atoms with Gasteiger partial charge in [-0.05, 0) is 56.4 Å². The van der Waals surface area contributed by atoms with Crippen LogP contribution in [0.15, 0.2) is 35.7 Å². The molecule has 1 aromatic carbocycles. The summed E-state index contributed by atoms with van der Waals surface area (Å²) in [4.78, 5) is 30.3. The first-order valence-electron chi connectivity index (χ1n) is 9.80. The van der Waals surface area contributed by atoms with Crippen LogP contribution in [-0.4, -0.2) is 41.5 Å². The van der Waals surface area contributed by atoms with E-state index in [4.69, 9.17) is 9.47 Å². The Morgan fingerprint density at radius 2 is 2.03 bits per heavy atom. The van der Waals surface area contributed by atoms with Gasteiger partial charge in [0, 0.05) is 18.0 Å². The van der Waals surface area contributed by atoms with E-state index in [9.17, 15) is 9.59 Å². The maximum atomic E-state index is 12.5. The van der Waals surface area contributed by atoms with Gasteiger partial charge in [0.1, 0.15) is 18.9 Å². The number of nitrogens with zero attached hydrogens (tertiary/aromatic N) is 2. The Balaban J connectivity index is 1.53. The number of hydrogen-bond acceptors (Lipinski definition) is 6. The Morgan fingerprint density at radius 1 is 1.28 bits per heavy atom. The van der Waals surface area contributed by atoms with Crippen molar-refractivity contribution in [3.8, 4) is 5.75 Å². The van der Waals surface area contributed by atoms with Gasteiger partial charge in [-0.1, -0.05) is 12.1 Å². The second-order valence-electron chi connectivity index (χ2n) is 7.02. The molecule has 29 heavy (non-hydrogen) atoms. The summed E-state index contributed by atoms with van der Waals surface area (Å²) >= 11 is 1.60. The number of amides is 1. The average molecular weight is 415 g/mol. The van der Waals surface area contributed by atoms with Crippen molar-refractivity contribution in [1.29, 1.82) is 0 Å². The van der Waals surface area contributed by atoms with E-state index >= 15 is 0 Å². The monoisotopic (exact) mass is 414 g/mol. The van der Waals surface area contributed by atoms with Gasteiger partial charge in [0.15, 0.2) is 0 Å². The number of aromatic nitrogens is 1. The molecule has 0 aliphatic heterocycles. The zero-order valence-corrected chi connectivity index (χ0v) is 17.6. The topological polar surface area (TPSA) is 68.7 Å². The number of benzene rings is 1. The number of aryl methyl sites for hydroxylation is 1. The van der Waals surface area contributed by atoms with E-state index < -0.39 is 0 Å². The molecular formula is C22H26N2O4S. The molecule has 0 unspecified atom stereocenters. The Kier molecular flexibility index (Phi) is 7.41. The molecule has 3 rings (SSSR count). The molecule has 2 aromatic rings. The van der Waals surface area contributed by atoms with Crippen molar-refractivity contribution in [1.82, 2.24) is 9.88 Å². The van der Waals surface area contributed by atoms with E-state index in [1.54, 1.807) is 29.2 Å². The standard InChI is InChI=1S/C22H26N2O4S/c1-3-27-22(26)13-24(12-18-4-5-18)21(25)11-8-17-6-9-20(10-7-17)28-14-19-15-29-16(2)23-19/h6-11,15,18H,3-5,12-14H2,1-2H3/b11-8+. The highest BCUT2D eigenvalue weighted by Crippen LogP contribution is 2.29. The molecule has 0 atom stereocenters. The van der Waals surface area contributed by atoms with E-state index in [0.717, 1.165) is 34.9 Å². The summed E-state index contributed by atoms with van der Waals surface area (Å²) in [7, 11) is 0. The Morgan fingerprint density at radius 3 is 2.66 bits per heavy atom. The normalized spacial score (nSPS) is 13.4. The minimum atomic E-state index is -0.369. The summed E-state index contributed by atoms with van der Waals surface area (Å²) in [5.41, 5.74) is 1.80. The molecule has 154 valence electrons. The minimum absolute atomic E-state index is 0.00359. The van der Waals surface area contributed by atoms with Crippen LogP contribution < -0.4 is 4.74 Å². The van der Waals surface area contributed by atoms with Crippen LogP contribution >= 0.6 is 11.3 Å². The van der Waals surface area contributed by atoms with Crippen LogP contribution in [0.1, 0.15) is 36.0 Å². The zero-order chi connectivity index (χ0) is 20.6. The SMILES string of the molecule is CCOC(=O)CN(CC1CC1)C(=O)/C=C/c1ccc(OCc2csc(C)n2)cc1. The maximum absolute atomic E-state index is 12.5. The quantitative estimate of drug-likeness (QED) is 0.436. The van der Waals surface area contributed by atoms with Crippen LogP contribution in [0.4, 0.5) is 0 Å². The molecule has 0 bridgehead atoms. The van der Waals surface area contributed by atoms with Crippen LogP contribution in [0.2, 0.25) is 0 Å². The fourth-order valence-corrected chi connectivity index (χ4v) is 3.38. The molecule has 0 N–H and O–H groups in total. The number of carbonyl (C=O) groups is 2. The summed E-state index contributed by atoms with van der Waals surface area (Å²) < 4.78 is 10.7. The highest BCUT2D eigenvalue weighted by Gasteiger charge is 2.27. The first-order chi connectivity index (χ1) is 14.0. The minimum Gasteiger partial charge on any atom is -0.487 e. The van der Waals surface area contributed by atoms with Crippen LogP contribution in [0.5, 0.6) is 5.75 Å². The van der Waals surface area contributed by atoms with Crippen LogP contribution in [0.25, 0.3) is 6.08 Å². The molecule has 1 aliphatic rings. The zero-order valence-electron chi connectivity index (χ0n) is 16.8. The lowest BCUT2D eigenvalue weighted by Gasteiger charge is -2.19. The summed E-state index contributed by atoms with van der Waals surface area (Å²) in [5, 5.41) is 3.01. The molecule has 1 fully saturated rings. The summed E-state index contributed by atoms with van der Waals surface area (Å²) in [6.07, 6.45) is 5.48. The predicted octanol–water partition coefficient (Wildman–Crippen LogP) is 3.85. The molecule has 1 aliphatic carbocycles. The molecular weight excluding hydrogens is 388 g/mol. The van der Waals surface area contributed by atoms with Gasteiger partial charge in [-0.15, -0.1) is 11.3 Å². The van der Waals surface area contributed by atoms with Gasteiger partial charge < -0.3 is 14.4 Å². The maximum Gasteiger partial charge on any atom is 0.325 e. The highest BCUT2D eigenvalue weighted by molar-refractivity contribution is 7.09. The number of esters is 1. The molecule has 1 saturated carbocycles. The molecule has 1 heterocycles. The predicted molar refractivity (Wildman–Crippen MR) is 113 cm³/mol. The number of ether oxygens (including phenoxy) is 2. The lowest BCUT2D eigenvalue weighted by molar-refractivity contribution is -0.147. The van der Waals surface area contributed by atoms with Crippen molar-refractivity contribution in [2.24, 2.45) is 5.92 Å². The Labute approximate surface area is 175 Å². The lowest BCUT2D eigenvalue weighted by Crippen LogP contribution is -2.36. The van der Waals surface area contributed by atoms with Gasteiger partial charge in [-0.25, -0.2) is 4.98 Å². The van der Waals surface area contributed by atoms with E-state index in [-0.39, 0.29) is 18.4 Å². The van der Waals surface area contributed by atoms with Gasteiger partial charge in [-0.3, -0.25) is 9.59 Å². The smallest absolute Gasteiger partial charge is 0.325 e. The molecule has 0 saturated heterocycles. The first-order valence-corrected chi connectivity index (χ1v) is 10.7. The van der Waals surface area contributed by atoms with Gasteiger partial charge >= 0.3 is 5.97 Å². The molecule has 7 heteroatoms. The third kappa shape index (κ3) is 7.02. The average Bonchev–Trinajstić information content (AvgIpc) is 3.43. The van der Waals surface area contributed by atoms with E-state index in [2.05, 4.69) is 4.98 Å². The largest absolute Gasteiger partial charge is 0.487 e. The molecule has 0 radical (unpaired) electrons. The van der Waals surface area contributed by atoms with Crippen molar-refractivity contribution in [2.75, 3.05) is 19.7 Å². The van der Waals surface area contributed by atoms with Crippen LogP contribution in [0, 0.1) is 12.8 Å². The van der Waals surface area contributed by atoms with Crippen LogP contribution in [-0.2, 0) is 20.9 Å². The van der Waals surface area contributed by atoms with Crippen molar-refractivity contribution in [2.45, 2.75) is 33.3 Å². The van der Waals surface area contributed by atoms with E-state index in [1.807, 2.05) is 36.6 Å². The lowest BCUT2D eigenvalue weighted by atomic mass is 10.2. The summed E-state index contributed by atoms with van der Waals surface area (Å²) in [5.74, 6) is 0.701. The Bertz CT molecular complexity index is 856. The summed E-state index contributed by atoms with van der Waals surface area (Å²) in [6.45, 7) is 5.07. The summed E-state index contributed by atoms with van der Waals surface area (Å²) in [6, 6.07) is 7.51. The molecule has 0 spiro atoms. The van der Waals surface area contributed by atoms with Crippen molar-refractivity contribution < 1.29 is 19.1 Å². The van der Waals surface area contributed by atoms with Gasteiger partial charge in [0.05, 0.1) is 17.3 Å². The number of rotatable bonds is 10. The Hall–Kier alpha value is -2.67. The number of thiazole rings is 1. The van der Waals surface area contributed by atoms with Gasteiger partial charge in [0.25, 0.3) is 0 Å². The molecule has 1 amide bonds. The number of hydrogen-bond donors (Lipinski definition) is 0. The van der Waals surface area contributed by atoms with E-state index in [1.165, 1.54) is 6.08 Å². The molecule has 6 nitrogen and oxygen atoms in total. The third-order valence-corrected chi connectivity index (χ3v) is 5.29. The van der Waals surface area contributed by atoms with Gasteiger partial charge in [0.2, 0.25) is 5.91 Å². The third-order valence-electron chi connectivity index (χ3n) is 4.46. The fourth-order valence-electron chi connectivity index (χ4n) is 2.79. The van der Waals surface area contributed by atoms with E-state index in [0.29, 0.717) is 25.7 Å². The fraction of sp³-hybridized carbons (Fsp3) is 0.409.